The molecule has 148 valence electrons. The molecule has 0 bridgehead atoms. The highest BCUT2D eigenvalue weighted by Crippen LogP contribution is 2.26. The third kappa shape index (κ3) is 5.77. The zero-order chi connectivity index (χ0) is 20.5. The Morgan fingerprint density at radius 1 is 1.18 bits per heavy atom. The Morgan fingerprint density at radius 2 is 1.93 bits per heavy atom. The van der Waals surface area contributed by atoms with Crippen LogP contribution in [0.4, 0.5) is 11.4 Å². The lowest BCUT2D eigenvalue weighted by Gasteiger charge is -2.11. The third-order valence-corrected chi connectivity index (χ3v) is 4.10. The molecular weight excluding hydrogens is 386 g/mol. The molecule has 28 heavy (non-hydrogen) atoms. The third-order valence-electron chi connectivity index (χ3n) is 3.78. The Morgan fingerprint density at radius 3 is 2.64 bits per heavy atom. The van der Waals surface area contributed by atoms with E-state index < -0.39 is 10.8 Å². The first kappa shape index (κ1) is 21.3. The van der Waals surface area contributed by atoms with Crippen LogP contribution in [-0.2, 0) is 4.74 Å². The summed E-state index contributed by atoms with van der Waals surface area (Å²) in [4.78, 5) is 35.2. The van der Waals surface area contributed by atoms with Crippen LogP contribution in [0.25, 0.3) is 0 Å². The minimum Gasteiger partial charge on any atom is -0.382 e. The number of para-hydroxylation sites is 1. The van der Waals surface area contributed by atoms with E-state index in [1.54, 1.807) is 24.3 Å². The quantitative estimate of drug-likeness (QED) is 0.375. The molecule has 9 heteroatoms. The Balaban J connectivity index is 2.10. The van der Waals surface area contributed by atoms with Gasteiger partial charge in [0.2, 0.25) is 0 Å². The maximum atomic E-state index is 12.5. The summed E-state index contributed by atoms with van der Waals surface area (Å²) in [6.45, 7) is 3.49. The van der Waals surface area contributed by atoms with Gasteiger partial charge in [0.05, 0.1) is 16.2 Å². The molecule has 0 fully saturated rings. The molecule has 0 aliphatic rings. The van der Waals surface area contributed by atoms with E-state index in [-0.39, 0.29) is 27.7 Å². The minimum absolute atomic E-state index is 0.0584. The van der Waals surface area contributed by atoms with Crippen molar-refractivity contribution in [2.45, 2.75) is 13.3 Å². The zero-order valence-electron chi connectivity index (χ0n) is 15.2. The Hall–Kier alpha value is -2.97. The lowest BCUT2D eigenvalue weighted by Crippen LogP contribution is -2.26. The Labute approximate surface area is 167 Å². The molecule has 2 N–H and O–H groups in total. The van der Waals surface area contributed by atoms with Gasteiger partial charge in [-0.2, -0.15) is 0 Å². The second-order valence-electron chi connectivity index (χ2n) is 5.73. The molecule has 0 aromatic heterocycles. The first-order valence-electron chi connectivity index (χ1n) is 8.64. The lowest BCUT2D eigenvalue weighted by atomic mass is 10.1. The summed E-state index contributed by atoms with van der Waals surface area (Å²) in [5.41, 5.74) is 0.279. The van der Waals surface area contributed by atoms with E-state index in [1.807, 2.05) is 6.92 Å². The molecule has 0 atom stereocenters. The van der Waals surface area contributed by atoms with Crippen LogP contribution in [0.3, 0.4) is 0 Å². The summed E-state index contributed by atoms with van der Waals surface area (Å²) in [6, 6.07) is 10.3. The molecule has 0 heterocycles. The fourth-order valence-corrected chi connectivity index (χ4v) is 2.58. The first-order chi connectivity index (χ1) is 13.4. The van der Waals surface area contributed by atoms with Crippen molar-refractivity contribution in [2.24, 2.45) is 0 Å². The van der Waals surface area contributed by atoms with Crippen molar-refractivity contribution in [3.63, 3.8) is 0 Å². The number of rotatable bonds is 9. The van der Waals surface area contributed by atoms with Gasteiger partial charge in [-0.3, -0.25) is 19.7 Å². The van der Waals surface area contributed by atoms with Crippen LogP contribution in [0.1, 0.15) is 34.1 Å². The van der Waals surface area contributed by atoms with E-state index in [0.717, 1.165) is 6.07 Å². The average Bonchev–Trinajstić information content (AvgIpc) is 2.68. The molecule has 2 aromatic rings. The fourth-order valence-electron chi connectivity index (χ4n) is 2.39. The molecule has 2 rings (SSSR count). The average molecular weight is 406 g/mol. The van der Waals surface area contributed by atoms with Crippen molar-refractivity contribution in [3.05, 3.63) is 68.7 Å². The van der Waals surface area contributed by atoms with E-state index in [0.29, 0.717) is 31.9 Å². The number of halogens is 1. The van der Waals surface area contributed by atoms with E-state index in [4.69, 9.17) is 16.3 Å². The Kier molecular flexibility index (Phi) is 7.91. The second kappa shape index (κ2) is 10.4. The maximum absolute atomic E-state index is 12.5. The predicted octanol–water partition coefficient (Wildman–Crippen LogP) is 3.66. The molecule has 2 aromatic carbocycles. The molecule has 2 amide bonds. The zero-order valence-corrected chi connectivity index (χ0v) is 16.0. The van der Waals surface area contributed by atoms with Crippen LogP contribution in [-0.4, -0.2) is 36.5 Å². The first-order valence-corrected chi connectivity index (χ1v) is 9.02. The van der Waals surface area contributed by atoms with E-state index >= 15 is 0 Å². The number of benzene rings is 2. The smallest absolute Gasteiger partial charge is 0.288 e. The summed E-state index contributed by atoms with van der Waals surface area (Å²) in [5, 5.41) is 16.3. The van der Waals surface area contributed by atoms with Crippen molar-refractivity contribution < 1.29 is 19.2 Å². The summed E-state index contributed by atoms with van der Waals surface area (Å²) < 4.78 is 5.22. The molecule has 0 radical (unpaired) electrons. The SMILES string of the molecule is CCOCCCNC(=O)c1ccccc1NC(=O)c1ccc(Cl)c([N+](=O)[O-])c1. The van der Waals surface area contributed by atoms with E-state index in [2.05, 4.69) is 10.6 Å². The Bertz CT molecular complexity index is 872. The summed E-state index contributed by atoms with van der Waals surface area (Å²) >= 11 is 5.77. The molecule has 0 aliphatic carbocycles. The number of carbonyl (C=O) groups excluding carboxylic acids is 2. The number of hydrogen-bond acceptors (Lipinski definition) is 5. The number of anilines is 1. The minimum atomic E-state index is -0.664. The standard InChI is InChI=1S/C19H20ClN3O5/c1-2-28-11-5-10-21-19(25)14-6-3-4-7-16(14)22-18(24)13-8-9-15(20)17(12-13)23(26)27/h3-4,6-9,12H,2,5,10-11H2,1H3,(H,21,25)(H,22,24). The van der Waals surface area contributed by atoms with Gasteiger partial charge in [0.1, 0.15) is 5.02 Å². The number of amides is 2. The van der Waals surface area contributed by atoms with Crippen molar-refractivity contribution in [3.8, 4) is 0 Å². The molecule has 0 aliphatic heterocycles. The summed E-state index contributed by atoms with van der Waals surface area (Å²) in [6.07, 6.45) is 0.669. The van der Waals surface area contributed by atoms with Crippen molar-refractivity contribution in [1.29, 1.82) is 0 Å². The highest BCUT2D eigenvalue weighted by Gasteiger charge is 2.18. The van der Waals surface area contributed by atoms with Crippen molar-refractivity contribution in [1.82, 2.24) is 5.32 Å². The number of nitrogens with one attached hydrogen (secondary N) is 2. The number of hydrogen-bond donors (Lipinski definition) is 2. The van der Waals surface area contributed by atoms with Gasteiger partial charge in [-0.05, 0) is 37.6 Å². The molecule has 0 saturated heterocycles. The number of nitrogens with zero attached hydrogens (tertiary/aromatic N) is 1. The highest BCUT2D eigenvalue weighted by molar-refractivity contribution is 6.32. The van der Waals surface area contributed by atoms with Crippen molar-refractivity contribution in [2.75, 3.05) is 25.1 Å². The van der Waals surface area contributed by atoms with Crippen LogP contribution in [0.2, 0.25) is 5.02 Å². The van der Waals surface area contributed by atoms with Gasteiger partial charge in [0.15, 0.2) is 0 Å². The van der Waals surface area contributed by atoms with Crippen LogP contribution < -0.4 is 10.6 Å². The number of nitro benzene ring substituents is 1. The van der Waals surface area contributed by atoms with Crippen LogP contribution in [0.5, 0.6) is 0 Å². The molecule has 0 unspecified atom stereocenters. The predicted molar refractivity (Wildman–Crippen MR) is 106 cm³/mol. The highest BCUT2D eigenvalue weighted by atomic mass is 35.5. The van der Waals surface area contributed by atoms with Gasteiger partial charge >= 0.3 is 0 Å². The lowest BCUT2D eigenvalue weighted by molar-refractivity contribution is -0.384. The molecule has 0 spiro atoms. The number of carbonyl (C=O) groups is 2. The molecule has 8 nitrogen and oxygen atoms in total. The molecular formula is C19H20ClN3O5. The van der Waals surface area contributed by atoms with Crippen LogP contribution >= 0.6 is 11.6 Å². The normalized spacial score (nSPS) is 10.4. The fraction of sp³-hybridized carbons (Fsp3) is 0.263. The van der Waals surface area contributed by atoms with Gasteiger partial charge in [-0.1, -0.05) is 23.7 Å². The monoisotopic (exact) mass is 405 g/mol. The maximum Gasteiger partial charge on any atom is 0.288 e. The second-order valence-corrected chi connectivity index (χ2v) is 6.14. The van der Waals surface area contributed by atoms with Gasteiger partial charge in [0.25, 0.3) is 17.5 Å². The molecule has 0 saturated carbocycles. The topological polar surface area (TPSA) is 111 Å². The van der Waals surface area contributed by atoms with Gasteiger partial charge in [-0.15, -0.1) is 0 Å². The number of ether oxygens (including phenoxy) is 1. The van der Waals surface area contributed by atoms with Gasteiger partial charge in [-0.25, -0.2) is 0 Å². The van der Waals surface area contributed by atoms with Gasteiger partial charge < -0.3 is 15.4 Å². The summed E-state index contributed by atoms with van der Waals surface area (Å²) in [5.74, 6) is -0.925. The van der Waals surface area contributed by atoms with Crippen LogP contribution in [0.15, 0.2) is 42.5 Å². The summed E-state index contributed by atoms with van der Waals surface area (Å²) in [7, 11) is 0. The largest absolute Gasteiger partial charge is 0.382 e. The number of nitro groups is 1. The van der Waals surface area contributed by atoms with Crippen molar-refractivity contribution >= 4 is 34.8 Å². The van der Waals surface area contributed by atoms with Crippen LogP contribution in [0, 0.1) is 10.1 Å². The van der Waals surface area contributed by atoms with E-state index in [9.17, 15) is 19.7 Å². The van der Waals surface area contributed by atoms with Gasteiger partial charge in [0, 0.05) is 31.4 Å². The van der Waals surface area contributed by atoms with E-state index in [1.165, 1.54) is 12.1 Å².